The molecule has 36 heavy (non-hydrogen) atoms. The molecule has 0 radical (unpaired) electrons. The van der Waals surface area contributed by atoms with Gasteiger partial charge in [-0.15, -0.1) is 5.10 Å². The Labute approximate surface area is 209 Å². The average molecular weight is 490 g/mol. The van der Waals surface area contributed by atoms with Gasteiger partial charge in [0, 0.05) is 37.3 Å². The zero-order valence-corrected chi connectivity index (χ0v) is 21.2. The Morgan fingerprint density at radius 3 is 2.56 bits per heavy atom. The molecule has 0 bridgehead atoms. The summed E-state index contributed by atoms with van der Waals surface area (Å²) in [6.07, 6.45) is 0.826. The maximum Gasteiger partial charge on any atom is 0.253 e. The number of nitrogens with one attached hydrogen (secondary N) is 1. The summed E-state index contributed by atoms with van der Waals surface area (Å²) in [5.74, 6) is 0.413. The van der Waals surface area contributed by atoms with Crippen molar-refractivity contribution < 1.29 is 4.39 Å². The number of fused-ring (bicyclic) bond motifs is 1. The van der Waals surface area contributed by atoms with Crippen LogP contribution in [0.2, 0.25) is 0 Å². The highest BCUT2D eigenvalue weighted by atomic mass is 19.1. The van der Waals surface area contributed by atoms with E-state index in [1.165, 1.54) is 6.07 Å². The SMILES string of the molecule is CCC(C)(C)n1nnnc1[C@H](c1cc2ccc(C)cc2[nH]c1=O)N1CCN(c2ccccc2F)CC1. The zero-order chi connectivity index (χ0) is 25.4. The molecule has 0 amide bonds. The Morgan fingerprint density at radius 1 is 1.08 bits per heavy atom. The number of piperazine rings is 1. The van der Waals surface area contributed by atoms with E-state index in [2.05, 4.69) is 51.1 Å². The van der Waals surface area contributed by atoms with E-state index in [-0.39, 0.29) is 16.9 Å². The zero-order valence-electron chi connectivity index (χ0n) is 21.2. The highest BCUT2D eigenvalue weighted by Crippen LogP contribution is 2.32. The van der Waals surface area contributed by atoms with Gasteiger partial charge in [0.2, 0.25) is 0 Å². The van der Waals surface area contributed by atoms with Crippen molar-refractivity contribution in [1.29, 1.82) is 0 Å². The van der Waals surface area contributed by atoms with E-state index in [4.69, 9.17) is 0 Å². The number of hydrogen-bond acceptors (Lipinski definition) is 6. The number of nitrogens with zero attached hydrogens (tertiary/aromatic N) is 6. The molecule has 1 N–H and O–H groups in total. The molecule has 4 aromatic rings. The Morgan fingerprint density at radius 2 is 1.83 bits per heavy atom. The monoisotopic (exact) mass is 489 g/mol. The normalized spacial score (nSPS) is 16.0. The Bertz CT molecular complexity index is 1440. The summed E-state index contributed by atoms with van der Waals surface area (Å²) >= 11 is 0. The quantitative estimate of drug-likeness (QED) is 0.441. The summed E-state index contributed by atoms with van der Waals surface area (Å²) in [6, 6.07) is 14.4. The Balaban J connectivity index is 1.57. The molecular formula is C27H32FN7O. The number of hydrogen-bond donors (Lipinski definition) is 1. The lowest BCUT2D eigenvalue weighted by Gasteiger charge is -2.40. The predicted molar refractivity (Wildman–Crippen MR) is 139 cm³/mol. The lowest BCUT2D eigenvalue weighted by atomic mass is 9.98. The number of pyridine rings is 1. The molecule has 3 heterocycles. The van der Waals surface area contributed by atoms with Crippen molar-refractivity contribution in [2.75, 3.05) is 31.1 Å². The Kier molecular flexibility index (Phi) is 6.34. The van der Waals surface area contributed by atoms with Crippen molar-refractivity contribution in [3.8, 4) is 0 Å². The van der Waals surface area contributed by atoms with Crippen LogP contribution in [0.3, 0.4) is 0 Å². The van der Waals surface area contributed by atoms with Gasteiger partial charge in [-0.3, -0.25) is 9.69 Å². The first-order chi connectivity index (χ1) is 17.3. The molecule has 1 atom stereocenters. The van der Waals surface area contributed by atoms with Crippen LogP contribution in [0.5, 0.6) is 0 Å². The van der Waals surface area contributed by atoms with Gasteiger partial charge in [-0.05, 0) is 72.8 Å². The van der Waals surface area contributed by atoms with Crippen molar-refractivity contribution in [3.63, 3.8) is 0 Å². The fourth-order valence-corrected chi connectivity index (χ4v) is 4.91. The molecule has 5 rings (SSSR count). The fraction of sp³-hybridized carbons (Fsp3) is 0.407. The number of benzene rings is 2. The second-order valence-electron chi connectivity index (χ2n) is 10.1. The molecule has 2 aromatic carbocycles. The lowest BCUT2D eigenvalue weighted by Crippen LogP contribution is -2.49. The van der Waals surface area contributed by atoms with Crippen molar-refractivity contribution in [2.24, 2.45) is 0 Å². The number of H-pyrrole nitrogens is 1. The first-order valence-corrected chi connectivity index (χ1v) is 12.4. The Hall–Kier alpha value is -3.59. The van der Waals surface area contributed by atoms with Crippen LogP contribution >= 0.6 is 0 Å². The minimum atomic E-state index is -0.442. The van der Waals surface area contributed by atoms with Gasteiger partial charge in [0.25, 0.3) is 5.56 Å². The smallest absolute Gasteiger partial charge is 0.253 e. The molecule has 9 heteroatoms. The number of rotatable bonds is 6. The number of aromatic amines is 1. The minimum Gasteiger partial charge on any atom is -0.367 e. The summed E-state index contributed by atoms with van der Waals surface area (Å²) in [5, 5.41) is 13.8. The van der Waals surface area contributed by atoms with Gasteiger partial charge in [-0.25, -0.2) is 9.07 Å². The molecule has 0 saturated carbocycles. The van der Waals surface area contributed by atoms with E-state index < -0.39 is 6.04 Å². The summed E-state index contributed by atoms with van der Waals surface area (Å²) < 4.78 is 16.3. The van der Waals surface area contributed by atoms with Crippen LogP contribution in [0.1, 0.15) is 50.2 Å². The van der Waals surface area contributed by atoms with Gasteiger partial charge in [-0.1, -0.05) is 31.2 Å². The van der Waals surface area contributed by atoms with Crippen molar-refractivity contribution >= 4 is 16.6 Å². The number of aryl methyl sites for hydroxylation is 1. The summed E-state index contributed by atoms with van der Waals surface area (Å²) in [4.78, 5) is 20.8. The third-order valence-electron chi connectivity index (χ3n) is 7.37. The van der Waals surface area contributed by atoms with Crippen LogP contribution in [0.15, 0.2) is 53.3 Å². The molecule has 0 spiro atoms. The van der Waals surface area contributed by atoms with Crippen LogP contribution in [-0.2, 0) is 5.54 Å². The van der Waals surface area contributed by atoms with Crippen molar-refractivity contribution in [3.05, 3.63) is 81.7 Å². The minimum absolute atomic E-state index is 0.154. The van der Waals surface area contributed by atoms with E-state index in [1.807, 2.05) is 48.0 Å². The first kappa shape index (κ1) is 24.1. The number of tetrazole rings is 1. The second-order valence-corrected chi connectivity index (χ2v) is 10.1. The van der Waals surface area contributed by atoms with E-state index in [0.717, 1.165) is 22.9 Å². The third kappa shape index (κ3) is 4.39. The molecule has 2 aromatic heterocycles. The van der Waals surface area contributed by atoms with E-state index >= 15 is 0 Å². The number of anilines is 1. The fourth-order valence-electron chi connectivity index (χ4n) is 4.91. The summed E-state index contributed by atoms with van der Waals surface area (Å²) in [6.45, 7) is 10.8. The topological polar surface area (TPSA) is 82.9 Å². The second kappa shape index (κ2) is 9.46. The van der Waals surface area contributed by atoms with Crippen LogP contribution in [0, 0.1) is 12.7 Å². The molecule has 0 aliphatic carbocycles. The van der Waals surface area contributed by atoms with Gasteiger partial charge >= 0.3 is 0 Å². The molecule has 8 nitrogen and oxygen atoms in total. The van der Waals surface area contributed by atoms with Crippen LogP contribution < -0.4 is 10.5 Å². The maximum absolute atomic E-state index is 14.4. The lowest BCUT2D eigenvalue weighted by molar-refractivity contribution is 0.186. The number of halogens is 1. The van der Waals surface area contributed by atoms with E-state index in [9.17, 15) is 9.18 Å². The molecule has 1 fully saturated rings. The first-order valence-electron chi connectivity index (χ1n) is 12.4. The summed E-state index contributed by atoms with van der Waals surface area (Å²) in [5.41, 5.74) is 2.62. The van der Waals surface area contributed by atoms with Gasteiger partial charge < -0.3 is 9.88 Å². The maximum atomic E-state index is 14.4. The van der Waals surface area contributed by atoms with Crippen LogP contribution in [0.25, 0.3) is 10.9 Å². The molecule has 0 unspecified atom stereocenters. The highest BCUT2D eigenvalue weighted by Gasteiger charge is 2.36. The van der Waals surface area contributed by atoms with Crippen molar-refractivity contribution in [2.45, 2.75) is 45.7 Å². The summed E-state index contributed by atoms with van der Waals surface area (Å²) in [7, 11) is 0. The van der Waals surface area contributed by atoms with Gasteiger partial charge in [0.05, 0.1) is 11.2 Å². The molecular weight excluding hydrogens is 457 g/mol. The largest absolute Gasteiger partial charge is 0.367 e. The van der Waals surface area contributed by atoms with Gasteiger partial charge in [0.15, 0.2) is 5.82 Å². The van der Waals surface area contributed by atoms with Gasteiger partial charge in [0.1, 0.15) is 11.9 Å². The molecule has 1 aliphatic heterocycles. The van der Waals surface area contributed by atoms with Crippen LogP contribution in [0.4, 0.5) is 10.1 Å². The number of para-hydroxylation sites is 1. The third-order valence-corrected chi connectivity index (χ3v) is 7.37. The van der Waals surface area contributed by atoms with E-state index in [0.29, 0.717) is 43.3 Å². The van der Waals surface area contributed by atoms with E-state index in [1.54, 1.807) is 6.07 Å². The molecule has 1 saturated heterocycles. The van der Waals surface area contributed by atoms with Crippen LogP contribution in [-0.4, -0.2) is 56.3 Å². The highest BCUT2D eigenvalue weighted by molar-refractivity contribution is 5.79. The van der Waals surface area contributed by atoms with Gasteiger partial charge in [-0.2, -0.15) is 0 Å². The predicted octanol–water partition coefficient (Wildman–Crippen LogP) is 4.02. The average Bonchev–Trinajstić information content (AvgIpc) is 3.36. The number of aromatic nitrogens is 5. The molecule has 1 aliphatic rings. The van der Waals surface area contributed by atoms with Crippen molar-refractivity contribution in [1.82, 2.24) is 30.1 Å². The standard InChI is InChI=1S/C27H32FN7O/c1-5-27(3,4)35-25(30-31-32-35)24(20-17-19-11-10-18(2)16-22(19)29-26(20)36)34-14-12-33(13-15-34)23-9-7-6-8-21(23)28/h6-11,16-17,24H,5,12-15H2,1-4H3,(H,29,36)/t24-/m0/s1. The molecule has 188 valence electrons.